The molecule has 0 saturated heterocycles. The molecule has 0 radical (unpaired) electrons. The first kappa shape index (κ1) is 23.3. The molecule has 0 aliphatic carbocycles. The van der Waals surface area contributed by atoms with Crippen molar-refractivity contribution in [1.82, 2.24) is 14.1 Å². The quantitative estimate of drug-likeness (QED) is 0.206. The Labute approximate surface area is 242 Å². The van der Waals surface area contributed by atoms with E-state index in [0.29, 0.717) is 0 Å². The fraction of sp³-hybridized carbons (Fsp3) is 0.0513. The van der Waals surface area contributed by atoms with Gasteiger partial charge in [0.1, 0.15) is 5.82 Å². The van der Waals surface area contributed by atoms with Crippen molar-refractivity contribution >= 4 is 65.2 Å². The van der Waals surface area contributed by atoms with Gasteiger partial charge in [0.05, 0.1) is 11.0 Å². The van der Waals surface area contributed by atoms with E-state index < -0.39 is 0 Å². The molecule has 3 nitrogen and oxygen atoms in total. The molecule has 7 aromatic carbocycles. The predicted octanol–water partition coefficient (Wildman–Crippen LogP) is 10.3. The molecular formula is C39H27N3. The van der Waals surface area contributed by atoms with Crippen LogP contribution in [0.4, 0.5) is 0 Å². The number of fused-ring (bicyclic) bond motifs is 10. The van der Waals surface area contributed by atoms with Crippen molar-refractivity contribution in [2.45, 2.75) is 13.5 Å². The van der Waals surface area contributed by atoms with Crippen LogP contribution in [0.1, 0.15) is 6.92 Å². The zero-order valence-corrected chi connectivity index (χ0v) is 23.3. The second-order valence-electron chi connectivity index (χ2n) is 11.1. The Balaban J connectivity index is 1.40. The Morgan fingerprint density at radius 2 is 1.10 bits per heavy atom. The maximum Gasteiger partial charge on any atom is 0.145 e. The highest BCUT2D eigenvalue weighted by Crippen LogP contribution is 2.41. The number of hydrogen-bond donors (Lipinski definition) is 0. The van der Waals surface area contributed by atoms with Crippen LogP contribution in [0.25, 0.3) is 82.2 Å². The minimum atomic E-state index is 0.938. The summed E-state index contributed by atoms with van der Waals surface area (Å²) >= 11 is 0. The first-order chi connectivity index (χ1) is 20.8. The Kier molecular flexibility index (Phi) is 4.88. The average molecular weight is 538 g/mol. The van der Waals surface area contributed by atoms with Gasteiger partial charge in [0, 0.05) is 39.6 Å². The van der Waals surface area contributed by atoms with Gasteiger partial charge in [-0.05, 0) is 81.7 Å². The highest BCUT2D eigenvalue weighted by Gasteiger charge is 2.18. The van der Waals surface area contributed by atoms with E-state index in [0.717, 1.165) is 34.7 Å². The lowest BCUT2D eigenvalue weighted by molar-refractivity contribution is 0.827. The van der Waals surface area contributed by atoms with Gasteiger partial charge >= 0.3 is 0 Å². The predicted molar refractivity (Wildman–Crippen MR) is 178 cm³/mol. The van der Waals surface area contributed by atoms with Crippen molar-refractivity contribution in [2.75, 3.05) is 0 Å². The lowest BCUT2D eigenvalue weighted by Crippen LogP contribution is -1.98. The first-order valence-corrected chi connectivity index (χ1v) is 14.6. The van der Waals surface area contributed by atoms with Gasteiger partial charge in [0.2, 0.25) is 0 Å². The zero-order chi connectivity index (χ0) is 27.8. The van der Waals surface area contributed by atoms with Gasteiger partial charge in [0.25, 0.3) is 0 Å². The van der Waals surface area contributed by atoms with Crippen molar-refractivity contribution < 1.29 is 0 Å². The number of benzene rings is 7. The normalized spacial score (nSPS) is 12.0. The third-order valence-corrected chi connectivity index (χ3v) is 8.88. The lowest BCUT2D eigenvalue weighted by atomic mass is 9.93. The summed E-state index contributed by atoms with van der Waals surface area (Å²) in [6, 6.07) is 48.3. The molecule has 2 heterocycles. The molecule has 0 fully saturated rings. The van der Waals surface area contributed by atoms with E-state index in [9.17, 15) is 0 Å². The average Bonchev–Trinajstić information content (AvgIpc) is 3.60. The van der Waals surface area contributed by atoms with Gasteiger partial charge < -0.3 is 4.57 Å². The second kappa shape index (κ2) is 8.79. The molecule has 3 heteroatoms. The van der Waals surface area contributed by atoms with E-state index in [1.54, 1.807) is 0 Å². The summed E-state index contributed by atoms with van der Waals surface area (Å²) in [6.45, 7) is 3.17. The van der Waals surface area contributed by atoms with E-state index in [4.69, 9.17) is 4.98 Å². The first-order valence-electron chi connectivity index (χ1n) is 14.6. The zero-order valence-electron chi connectivity index (χ0n) is 23.3. The second-order valence-corrected chi connectivity index (χ2v) is 11.1. The third-order valence-electron chi connectivity index (χ3n) is 8.88. The lowest BCUT2D eigenvalue weighted by Gasteiger charge is -2.15. The van der Waals surface area contributed by atoms with Gasteiger partial charge in [-0.1, -0.05) is 91.0 Å². The smallest absolute Gasteiger partial charge is 0.145 e. The number of imidazole rings is 1. The standard InChI is InChI=1S/C39H27N3/c1-2-41-36-18-10-8-16-30(36)34-23-32-29-21-20-26(22-31(29)27-14-6-7-15-28(27)33(32)24-38(34)41)42-37-19-11-9-17-35(37)40-39(42)25-12-4-3-5-13-25/h3-24H,2H2,1H3. The van der Waals surface area contributed by atoms with Crippen molar-refractivity contribution in [3.63, 3.8) is 0 Å². The van der Waals surface area contributed by atoms with E-state index in [-0.39, 0.29) is 0 Å². The van der Waals surface area contributed by atoms with Crippen LogP contribution in [-0.2, 0) is 6.54 Å². The minimum absolute atomic E-state index is 0.938. The van der Waals surface area contributed by atoms with Crippen LogP contribution in [0.5, 0.6) is 0 Å². The van der Waals surface area contributed by atoms with Crippen LogP contribution in [0.2, 0.25) is 0 Å². The summed E-state index contributed by atoms with van der Waals surface area (Å²) in [6.07, 6.45) is 0. The molecule has 0 N–H and O–H groups in total. The summed E-state index contributed by atoms with van der Waals surface area (Å²) in [5.41, 5.74) is 6.91. The minimum Gasteiger partial charge on any atom is -0.341 e. The molecule has 0 bridgehead atoms. The fourth-order valence-corrected chi connectivity index (χ4v) is 7.03. The van der Waals surface area contributed by atoms with Crippen molar-refractivity contribution in [3.05, 3.63) is 133 Å². The largest absolute Gasteiger partial charge is 0.341 e. The van der Waals surface area contributed by atoms with Crippen molar-refractivity contribution in [3.8, 4) is 17.1 Å². The number of aromatic nitrogens is 3. The Morgan fingerprint density at radius 1 is 0.476 bits per heavy atom. The summed E-state index contributed by atoms with van der Waals surface area (Å²) in [7, 11) is 0. The molecule has 42 heavy (non-hydrogen) atoms. The van der Waals surface area contributed by atoms with Gasteiger partial charge in [-0.15, -0.1) is 0 Å². The molecule has 0 aliphatic heterocycles. The molecule has 0 unspecified atom stereocenters. The topological polar surface area (TPSA) is 22.8 Å². The molecule has 0 saturated carbocycles. The molecule has 2 aromatic heterocycles. The van der Waals surface area contributed by atoms with Crippen LogP contribution in [0.15, 0.2) is 133 Å². The van der Waals surface area contributed by atoms with Crippen LogP contribution in [0.3, 0.4) is 0 Å². The maximum absolute atomic E-state index is 5.09. The maximum atomic E-state index is 5.09. The van der Waals surface area contributed by atoms with E-state index in [1.165, 1.54) is 54.1 Å². The van der Waals surface area contributed by atoms with Crippen LogP contribution < -0.4 is 0 Å². The monoisotopic (exact) mass is 537 g/mol. The van der Waals surface area contributed by atoms with Gasteiger partial charge in [0.15, 0.2) is 0 Å². The summed E-state index contributed by atoms with van der Waals surface area (Å²) in [5.74, 6) is 0.954. The van der Waals surface area contributed by atoms with Gasteiger partial charge in [-0.3, -0.25) is 4.57 Å². The summed E-state index contributed by atoms with van der Waals surface area (Å²) in [4.78, 5) is 5.09. The molecular weight excluding hydrogens is 510 g/mol. The SMILES string of the molecule is CCn1c2ccccc2c2cc3c4ccc(-n5c(-c6ccccc6)nc6ccccc65)cc4c4ccccc4c3cc21. The number of rotatable bonds is 3. The Hall–Kier alpha value is -5.41. The molecule has 0 amide bonds. The number of para-hydroxylation sites is 3. The third kappa shape index (κ3) is 3.19. The number of nitrogens with zero attached hydrogens (tertiary/aromatic N) is 3. The van der Waals surface area contributed by atoms with Gasteiger partial charge in [-0.25, -0.2) is 4.98 Å². The highest BCUT2D eigenvalue weighted by molar-refractivity contribution is 6.28. The van der Waals surface area contributed by atoms with E-state index in [2.05, 4.69) is 150 Å². The van der Waals surface area contributed by atoms with Crippen molar-refractivity contribution in [2.24, 2.45) is 0 Å². The number of hydrogen-bond acceptors (Lipinski definition) is 1. The molecule has 0 spiro atoms. The van der Waals surface area contributed by atoms with Crippen LogP contribution in [0, 0.1) is 0 Å². The Bertz CT molecular complexity index is 2500. The molecule has 0 aliphatic rings. The number of aryl methyl sites for hydroxylation is 1. The van der Waals surface area contributed by atoms with Gasteiger partial charge in [-0.2, -0.15) is 0 Å². The highest BCUT2D eigenvalue weighted by atomic mass is 15.1. The van der Waals surface area contributed by atoms with E-state index >= 15 is 0 Å². The fourth-order valence-electron chi connectivity index (χ4n) is 7.03. The Morgan fingerprint density at radius 3 is 1.88 bits per heavy atom. The van der Waals surface area contributed by atoms with Crippen molar-refractivity contribution in [1.29, 1.82) is 0 Å². The molecule has 0 atom stereocenters. The summed E-state index contributed by atoms with van der Waals surface area (Å²) < 4.78 is 4.75. The van der Waals surface area contributed by atoms with E-state index in [1.807, 2.05) is 0 Å². The molecule has 9 rings (SSSR count). The molecule has 198 valence electrons. The van der Waals surface area contributed by atoms with Crippen LogP contribution in [-0.4, -0.2) is 14.1 Å². The summed E-state index contributed by atoms with van der Waals surface area (Å²) in [5, 5.41) is 10.3. The molecule has 9 aromatic rings. The van der Waals surface area contributed by atoms with Crippen LogP contribution >= 0.6 is 0 Å².